The first-order valence-corrected chi connectivity index (χ1v) is 9.08. The Bertz CT molecular complexity index is 638. The molecule has 0 fully saturated rings. The predicted molar refractivity (Wildman–Crippen MR) is 84.2 cm³/mol. The zero-order valence-corrected chi connectivity index (χ0v) is 13.9. The molecule has 3 N–H and O–H groups in total. The molecule has 1 aromatic heterocycles. The second-order valence-electron chi connectivity index (χ2n) is 5.30. The van der Waals surface area contributed by atoms with Crippen LogP contribution in [-0.2, 0) is 23.0 Å². The van der Waals surface area contributed by atoms with E-state index < -0.39 is 10.0 Å². The molecule has 9 nitrogen and oxygen atoms in total. The fourth-order valence-corrected chi connectivity index (χ4v) is 2.83. The van der Waals surface area contributed by atoms with Crippen LogP contribution >= 0.6 is 0 Å². The first-order chi connectivity index (χ1) is 10.4. The maximum absolute atomic E-state index is 11.0. The van der Waals surface area contributed by atoms with E-state index in [4.69, 9.17) is 0 Å². The lowest BCUT2D eigenvalue weighted by molar-refractivity contribution is 0.392. The monoisotopic (exact) mass is 329 g/mol. The van der Waals surface area contributed by atoms with Crippen LogP contribution in [-0.4, -0.2) is 61.6 Å². The van der Waals surface area contributed by atoms with Crippen LogP contribution in [0.4, 0.5) is 0 Å². The lowest BCUT2D eigenvalue weighted by Crippen LogP contribution is -2.48. The van der Waals surface area contributed by atoms with Gasteiger partial charge >= 0.3 is 0 Å². The first kappa shape index (κ1) is 16.7. The number of aliphatic imine (C=N–C) groups is 1. The molecule has 1 atom stereocenters. The zero-order chi connectivity index (χ0) is 16.2. The van der Waals surface area contributed by atoms with Crippen molar-refractivity contribution in [2.24, 2.45) is 4.99 Å². The molecule has 0 saturated carbocycles. The third-order valence-electron chi connectivity index (χ3n) is 3.31. The number of aromatic nitrogens is 3. The van der Waals surface area contributed by atoms with Crippen molar-refractivity contribution < 1.29 is 8.42 Å². The summed E-state index contributed by atoms with van der Waals surface area (Å²) in [7, 11) is -1.47. The number of hydrogen-bond donors (Lipinski definition) is 3. The topological polar surface area (TPSA) is 113 Å². The van der Waals surface area contributed by atoms with E-state index in [0.717, 1.165) is 37.3 Å². The van der Waals surface area contributed by atoms with Gasteiger partial charge in [-0.25, -0.2) is 22.8 Å². The molecule has 0 saturated heterocycles. The Balaban J connectivity index is 1.79. The van der Waals surface area contributed by atoms with Crippen molar-refractivity contribution in [3.63, 3.8) is 0 Å². The maximum Gasteiger partial charge on any atom is 0.208 e. The van der Waals surface area contributed by atoms with Gasteiger partial charge in [-0.05, 0) is 13.3 Å². The summed E-state index contributed by atoms with van der Waals surface area (Å²) in [6.45, 7) is 3.42. The van der Waals surface area contributed by atoms with Crippen molar-refractivity contribution in [1.82, 2.24) is 30.1 Å². The molecule has 22 heavy (non-hydrogen) atoms. The van der Waals surface area contributed by atoms with Crippen LogP contribution in [0.3, 0.4) is 0 Å². The third-order valence-corrected chi connectivity index (χ3v) is 4.04. The minimum absolute atomic E-state index is 0.225. The normalized spacial score (nSPS) is 18.9. The lowest BCUT2D eigenvalue weighted by Gasteiger charge is -2.25. The Hall–Kier alpha value is -1.68. The maximum atomic E-state index is 11.0. The van der Waals surface area contributed by atoms with Crippen molar-refractivity contribution in [3.8, 4) is 0 Å². The number of fused-ring (bicyclic) bond motifs is 1. The summed E-state index contributed by atoms with van der Waals surface area (Å²) in [5.74, 6) is 2.47. The largest absolute Gasteiger partial charge is 0.355 e. The van der Waals surface area contributed by atoms with Gasteiger partial charge in [-0.2, -0.15) is 5.10 Å². The van der Waals surface area contributed by atoms with Gasteiger partial charge in [-0.1, -0.05) is 0 Å². The average molecular weight is 329 g/mol. The number of nitrogens with one attached hydrogen (secondary N) is 3. The minimum atomic E-state index is -3.16. The Morgan fingerprint density at radius 2 is 2.23 bits per heavy atom. The highest BCUT2D eigenvalue weighted by atomic mass is 32.2. The van der Waals surface area contributed by atoms with E-state index >= 15 is 0 Å². The highest BCUT2D eigenvalue weighted by Gasteiger charge is 2.21. The van der Waals surface area contributed by atoms with Crippen LogP contribution in [0.5, 0.6) is 0 Å². The van der Waals surface area contributed by atoms with Crippen LogP contribution in [0, 0.1) is 6.92 Å². The molecule has 1 unspecified atom stereocenters. The standard InChI is InChI=1S/C12H23N7O2S/c1-9-16-11-5-4-10(8-19(11)18-9)17-12(13-2)14-6-7-15-22(3,20)21/h10,15H,4-8H2,1-3H3,(H2,13,14,17). The van der Waals surface area contributed by atoms with E-state index in [2.05, 4.69) is 30.4 Å². The van der Waals surface area contributed by atoms with Crippen molar-refractivity contribution in [3.05, 3.63) is 11.6 Å². The molecule has 0 aliphatic carbocycles. The molecule has 1 aromatic rings. The van der Waals surface area contributed by atoms with Crippen molar-refractivity contribution in [2.45, 2.75) is 32.4 Å². The highest BCUT2D eigenvalue weighted by Crippen LogP contribution is 2.12. The molecule has 0 amide bonds. The minimum Gasteiger partial charge on any atom is -0.355 e. The molecule has 0 bridgehead atoms. The predicted octanol–water partition coefficient (Wildman–Crippen LogP) is -1.38. The van der Waals surface area contributed by atoms with Crippen LogP contribution in [0.15, 0.2) is 4.99 Å². The van der Waals surface area contributed by atoms with Gasteiger partial charge in [0.25, 0.3) is 0 Å². The van der Waals surface area contributed by atoms with E-state index in [1.165, 1.54) is 0 Å². The lowest BCUT2D eigenvalue weighted by atomic mass is 10.1. The molecule has 2 rings (SSSR count). The van der Waals surface area contributed by atoms with Gasteiger partial charge in [0, 0.05) is 32.6 Å². The summed E-state index contributed by atoms with van der Waals surface area (Å²) >= 11 is 0. The van der Waals surface area contributed by atoms with Gasteiger partial charge in [0.15, 0.2) is 5.96 Å². The van der Waals surface area contributed by atoms with Crippen LogP contribution in [0.1, 0.15) is 18.1 Å². The van der Waals surface area contributed by atoms with Crippen LogP contribution < -0.4 is 15.4 Å². The van der Waals surface area contributed by atoms with E-state index in [1.54, 1.807) is 7.05 Å². The number of nitrogens with zero attached hydrogens (tertiary/aromatic N) is 4. The summed E-state index contributed by atoms with van der Waals surface area (Å²) in [6, 6.07) is 0.225. The third kappa shape index (κ3) is 4.95. The highest BCUT2D eigenvalue weighted by molar-refractivity contribution is 7.88. The number of guanidine groups is 1. The molecule has 0 spiro atoms. The fraction of sp³-hybridized carbons (Fsp3) is 0.750. The van der Waals surface area contributed by atoms with Crippen LogP contribution in [0.25, 0.3) is 0 Å². The summed E-state index contributed by atoms with van der Waals surface area (Å²) < 4.78 is 26.3. The molecule has 10 heteroatoms. The molecular weight excluding hydrogens is 306 g/mol. The molecule has 2 heterocycles. The number of sulfonamides is 1. The molecule has 124 valence electrons. The Labute approximate surface area is 130 Å². The Morgan fingerprint density at radius 1 is 1.45 bits per heavy atom. The second kappa shape index (κ2) is 7.05. The van der Waals surface area contributed by atoms with Crippen LogP contribution in [0.2, 0.25) is 0 Å². The van der Waals surface area contributed by atoms with E-state index in [0.29, 0.717) is 19.0 Å². The van der Waals surface area contributed by atoms with Gasteiger partial charge < -0.3 is 10.6 Å². The number of rotatable bonds is 5. The molecular formula is C12H23N7O2S. The average Bonchev–Trinajstić information content (AvgIpc) is 2.80. The first-order valence-electron chi connectivity index (χ1n) is 7.19. The van der Waals surface area contributed by atoms with Gasteiger partial charge in [0.2, 0.25) is 10.0 Å². The molecule has 1 aliphatic rings. The summed E-state index contributed by atoms with van der Waals surface area (Å²) in [6.07, 6.45) is 2.98. The van der Waals surface area contributed by atoms with E-state index in [-0.39, 0.29) is 6.04 Å². The summed E-state index contributed by atoms with van der Waals surface area (Å²) in [5.41, 5.74) is 0. The number of hydrogen-bond acceptors (Lipinski definition) is 5. The van der Waals surface area contributed by atoms with Crippen molar-refractivity contribution in [2.75, 3.05) is 26.4 Å². The molecule has 1 aliphatic heterocycles. The van der Waals surface area contributed by atoms with Gasteiger partial charge in [-0.15, -0.1) is 0 Å². The fourth-order valence-electron chi connectivity index (χ4n) is 2.36. The van der Waals surface area contributed by atoms with E-state index in [9.17, 15) is 8.42 Å². The van der Waals surface area contributed by atoms with E-state index in [1.807, 2.05) is 11.6 Å². The summed E-state index contributed by atoms with van der Waals surface area (Å²) in [4.78, 5) is 8.53. The SMILES string of the molecule is CN=C(NCCNS(C)(=O)=O)NC1CCc2nc(C)nn2C1. The summed E-state index contributed by atoms with van der Waals surface area (Å²) in [5, 5.41) is 10.8. The quantitative estimate of drug-likeness (QED) is 0.348. The molecule has 0 aromatic carbocycles. The van der Waals surface area contributed by atoms with Gasteiger partial charge in [0.1, 0.15) is 11.6 Å². The van der Waals surface area contributed by atoms with Gasteiger partial charge in [0.05, 0.1) is 12.8 Å². The van der Waals surface area contributed by atoms with Gasteiger partial charge in [-0.3, -0.25) is 4.99 Å². The number of aryl methyl sites for hydroxylation is 2. The second-order valence-corrected chi connectivity index (χ2v) is 7.14. The van der Waals surface area contributed by atoms with Crippen molar-refractivity contribution in [1.29, 1.82) is 0 Å². The zero-order valence-electron chi connectivity index (χ0n) is 13.1. The Morgan fingerprint density at radius 3 is 2.91 bits per heavy atom. The Kier molecular flexibility index (Phi) is 5.35. The smallest absolute Gasteiger partial charge is 0.208 e. The molecule has 0 radical (unpaired) electrons. The van der Waals surface area contributed by atoms with Crippen molar-refractivity contribution >= 4 is 16.0 Å².